The van der Waals surface area contributed by atoms with Gasteiger partial charge in [0.2, 0.25) is 0 Å². The van der Waals surface area contributed by atoms with E-state index in [9.17, 15) is 17.6 Å². The van der Waals surface area contributed by atoms with E-state index in [2.05, 4.69) is 4.74 Å². The number of nitrogens with two attached hydrogens (primary N) is 1. The molecule has 0 amide bonds. The molecule has 0 fully saturated rings. The van der Waals surface area contributed by atoms with Gasteiger partial charge in [0.1, 0.15) is 12.4 Å². The molecule has 1 aromatic rings. The predicted octanol–water partition coefficient (Wildman–Crippen LogP) is 2.71. The van der Waals surface area contributed by atoms with Gasteiger partial charge >= 0.3 is 6.18 Å². The van der Waals surface area contributed by atoms with Crippen LogP contribution < -0.4 is 5.73 Å². The van der Waals surface area contributed by atoms with Crippen LogP contribution >= 0.6 is 0 Å². The fourth-order valence-electron chi connectivity index (χ4n) is 1.34. The van der Waals surface area contributed by atoms with Crippen molar-refractivity contribution in [2.24, 2.45) is 5.73 Å². The van der Waals surface area contributed by atoms with Gasteiger partial charge in [-0.25, -0.2) is 4.39 Å². The molecule has 0 radical (unpaired) electrons. The van der Waals surface area contributed by atoms with Crippen LogP contribution in [0.4, 0.5) is 17.6 Å². The van der Waals surface area contributed by atoms with E-state index >= 15 is 0 Å². The number of halogens is 4. The van der Waals surface area contributed by atoms with Crippen LogP contribution in [0.2, 0.25) is 0 Å². The first kappa shape index (κ1) is 13.9. The van der Waals surface area contributed by atoms with E-state index < -0.39 is 24.6 Å². The smallest absolute Gasteiger partial charge is 0.370 e. The van der Waals surface area contributed by atoms with Crippen LogP contribution in [0.1, 0.15) is 17.2 Å². The van der Waals surface area contributed by atoms with Gasteiger partial charge in [-0.05, 0) is 13.0 Å². The Labute approximate surface area is 96.4 Å². The van der Waals surface area contributed by atoms with Crippen molar-refractivity contribution in [1.29, 1.82) is 0 Å². The first-order valence-corrected chi connectivity index (χ1v) is 4.96. The summed E-state index contributed by atoms with van der Waals surface area (Å²) in [4.78, 5) is 0. The van der Waals surface area contributed by atoms with Crippen molar-refractivity contribution in [3.05, 3.63) is 35.1 Å². The van der Waals surface area contributed by atoms with Crippen LogP contribution in [-0.4, -0.2) is 19.4 Å². The van der Waals surface area contributed by atoms with Crippen LogP contribution in [0.25, 0.3) is 0 Å². The number of benzene rings is 1. The molecular weight excluding hydrogens is 238 g/mol. The van der Waals surface area contributed by atoms with Gasteiger partial charge in [0.05, 0.1) is 12.6 Å². The lowest BCUT2D eigenvalue weighted by Crippen LogP contribution is -2.23. The third-order valence-electron chi connectivity index (χ3n) is 2.11. The molecule has 0 saturated heterocycles. The topological polar surface area (TPSA) is 35.2 Å². The van der Waals surface area contributed by atoms with Crippen molar-refractivity contribution in [2.75, 3.05) is 13.2 Å². The predicted molar refractivity (Wildman–Crippen MR) is 54.9 cm³/mol. The third kappa shape index (κ3) is 4.70. The summed E-state index contributed by atoms with van der Waals surface area (Å²) in [7, 11) is 0. The Morgan fingerprint density at radius 1 is 1.35 bits per heavy atom. The molecule has 0 aromatic heterocycles. The highest BCUT2D eigenvalue weighted by Gasteiger charge is 2.28. The molecule has 17 heavy (non-hydrogen) atoms. The molecule has 96 valence electrons. The highest BCUT2D eigenvalue weighted by Crippen LogP contribution is 2.19. The van der Waals surface area contributed by atoms with Gasteiger partial charge in [-0.3, -0.25) is 0 Å². The number of alkyl halides is 3. The van der Waals surface area contributed by atoms with Gasteiger partial charge in [0, 0.05) is 5.56 Å². The Kier molecular flexibility index (Phi) is 4.47. The maximum atomic E-state index is 13.3. The number of ether oxygens (including phenoxy) is 1. The maximum absolute atomic E-state index is 13.3. The van der Waals surface area contributed by atoms with E-state index in [4.69, 9.17) is 5.73 Å². The molecule has 0 aliphatic heterocycles. The van der Waals surface area contributed by atoms with E-state index in [0.29, 0.717) is 0 Å². The van der Waals surface area contributed by atoms with E-state index in [1.165, 1.54) is 12.1 Å². The average Bonchev–Trinajstić information content (AvgIpc) is 2.19. The van der Waals surface area contributed by atoms with Crippen molar-refractivity contribution in [1.82, 2.24) is 0 Å². The largest absolute Gasteiger partial charge is 0.411 e. The molecule has 0 aliphatic rings. The molecular formula is C11H13F4NO. The third-order valence-corrected chi connectivity index (χ3v) is 2.11. The van der Waals surface area contributed by atoms with Gasteiger partial charge in [-0.2, -0.15) is 13.2 Å². The van der Waals surface area contributed by atoms with E-state index in [1.54, 1.807) is 13.0 Å². The highest BCUT2D eigenvalue weighted by atomic mass is 19.4. The van der Waals surface area contributed by atoms with E-state index in [-0.39, 0.29) is 12.2 Å². The normalized spacial score (nSPS) is 13.8. The molecule has 1 rings (SSSR count). The van der Waals surface area contributed by atoms with Crippen molar-refractivity contribution < 1.29 is 22.3 Å². The van der Waals surface area contributed by atoms with Gasteiger partial charge in [0.15, 0.2) is 0 Å². The summed E-state index contributed by atoms with van der Waals surface area (Å²) in [5.41, 5.74) is 6.51. The van der Waals surface area contributed by atoms with Crippen LogP contribution in [0.5, 0.6) is 0 Å². The van der Waals surface area contributed by atoms with Crippen molar-refractivity contribution in [2.45, 2.75) is 19.1 Å². The second-order valence-electron chi connectivity index (χ2n) is 3.76. The van der Waals surface area contributed by atoms with E-state index in [1.807, 2.05) is 0 Å². The summed E-state index contributed by atoms with van der Waals surface area (Å²) >= 11 is 0. The summed E-state index contributed by atoms with van der Waals surface area (Å²) < 4.78 is 53.2. The molecule has 0 bridgehead atoms. The summed E-state index contributed by atoms with van der Waals surface area (Å²) in [6.45, 7) is -0.0136. The molecule has 2 N–H and O–H groups in total. The quantitative estimate of drug-likeness (QED) is 0.835. The van der Waals surface area contributed by atoms with E-state index in [0.717, 1.165) is 5.56 Å². The Bertz CT molecular complexity index is 378. The maximum Gasteiger partial charge on any atom is 0.411 e. The first-order chi connectivity index (χ1) is 7.79. The number of hydrogen-bond donors (Lipinski definition) is 1. The average molecular weight is 251 g/mol. The number of aryl methyl sites for hydroxylation is 1. The number of hydrogen-bond acceptors (Lipinski definition) is 2. The van der Waals surface area contributed by atoms with Crippen LogP contribution in [-0.2, 0) is 4.74 Å². The molecule has 1 unspecified atom stereocenters. The first-order valence-electron chi connectivity index (χ1n) is 4.96. The van der Waals surface area contributed by atoms with Crippen molar-refractivity contribution in [3.8, 4) is 0 Å². The fraction of sp³-hybridized carbons (Fsp3) is 0.455. The summed E-state index contributed by atoms with van der Waals surface area (Å²) in [5, 5.41) is 0. The zero-order chi connectivity index (χ0) is 13.1. The zero-order valence-corrected chi connectivity index (χ0v) is 9.22. The molecule has 0 saturated carbocycles. The molecule has 6 heteroatoms. The minimum absolute atomic E-state index is 0.159. The zero-order valence-electron chi connectivity index (χ0n) is 9.22. The van der Waals surface area contributed by atoms with Crippen LogP contribution in [0, 0.1) is 12.7 Å². The molecule has 0 aliphatic carbocycles. The van der Waals surface area contributed by atoms with Crippen molar-refractivity contribution in [3.63, 3.8) is 0 Å². The summed E-state index contributed by atoms with van der Waals surface area (Å²) in [5.74, 6) is -0.543. The van der Waals surface area contributed by atoms with Gasteiger partial charge in [0.25, 0.3) is 0 Å². The summed E-state index contributed by atoms with van der Waals surface area (Å²) in [6.07, 6.45) is -4.40. The second-order valence-corrected chi connectivity index (χ2v) is 3.76. The molecule has 0 heterocycles. The molecule has 1 aromatic carbocycles. The van der Waals surface area contributed by atoms with Gasteiger partial charge in [-0.15, -0.1) is 0 Å². The number of rotatable bonds is 4. The van der Waals surface area contributed by atoms with Gasteiger partial charge in [-0.1, -0.05) is 17.7 Å². The second kappa shape index (κ2) is 5.46. The lowest BCUT2D eigenvalue weighted by atomic mass is 10.1. The highest BCUT2D eigenvalue weighted by molar-refractivity contribution is 5.26. The molecule has 0 spiro atoms. The Morgan fingerprint density at radius 2 is 2.00 bits per heavy atom. The lowest BCUT2D eigenvalue weighted by Gasteiger charge is -2.15. The minimum atomic E-state index is -4.40. The minimum Gasteiger partial charge on any atom is -0.370 e. The van der Waals surface area contributed by atoms with Gasteiger partial charge < -0.3 is 10.5 Å². The standard InChI is InChI=1S/C11H13F4NO/c1-7-2-3-9(12)8(4-7)10(16)5-17-6-11(13,14)15/h2-4,10H,5-6,16H2,1H3. The molecule has 2 nitrogen and oxygen atoms in total. The van der Waals surface area contributed by atoms with Crippen LogP contribution in [0.15, 0.2) is 18.2 Å². The Balaban J connectivity index is 2.58. The Hall–Kier alpha value is -1.14. The summed E-state index contributed by atoms with van der Waals surface area (Å²) in [6, 6.07) is 3.38. The Morgan fingerprint density at radius 3 is 2.59 bits per heavy atom. The SMILES string of the molecule is Cc1ccc(F)c(C(N)COCC(F)(F)F)c1. The lowest BCUT2D eigenvalue weighted by molar-refractivity contribution is -0.174. The fourth-order valence-corrected chi connectivity index (χ4v) is 1.34. The van der Waals surface area contributed by atoms with Crippen LogP contribution in [0.3, 0.4) is 0 Å². The van der Waals surface area contributed by atoms with Crippen molar-refractivity contribution >= 4 is 0 Å². The molecule has 1 atom stereocenters. The monoisotopic (exact) mass is 251 g/mol.